The summed E-state index contributed by atoms with van der Waals surface area (Å²) in [6.45, 7) is 5.20. The van der Waals surface area contributed by atoms with Crippen molar-refractivity contribution in [3.63, 3.8) is 0 Å². The van der Waals surface area contributed by atoms with Crippen LogP contribution in [-0.2, 0) is 14.4 Å². The standard InChI is InChI=1S/C16H15N3O3S/c1-3-8-19-15(22)13(14(21)18-16(19)23)9-11-4-6-12(7-5-11)17-10(2)20/h3-7,9H,1,8H2,2H3,(H,17,20)(H,18,21,23)/b13-9+. The minimum absolute atomic E-state index is 0.00673. The lowest BCUT2D eigenvalue weighted by Gasteiger charge is -2.27. The van der Waals surface area contributed by atoms with Crippen molar-refractivity contribution in [1.82, 2.24) is 10.2 Å². The summed E-state index contributed by atoms with van der Waals surface area (Å²) < 4.78 is 0. The Kier molecular flexibility index (Phi) is 5.02. The van der Waals surface area contributed by atoms with Gasteiger partial charge in [0.15, 0.2) is 5.11 Å². The van der Waals surface area contributed by atoms with E-state index in [-0.39, 0.29) is 23.1 Å². The molecule has 1 aliphatic rings. The number of hydrogen-bond acceptors (Lipinski definition) is 4. The molecule has 1 saturated heterocycles. The minimum atomic E-state index is -0.536. The average Bonchev–Trinajstić information content (AvgIpc) is 2.49. The Morgan fingerprint density at radius 2 is 2.00 bits per heavy atom. The number of nitrogens with zero attached hydrogens (tertiary/aromatic N) is 1. The molecule has 2 N–H and O–H groups in total. The van der Waals surface area contributed by atoms with E-state index in [1.807, 2.05) is 0 Å². The van der Waals surface area contributed by atoms with Crippen LogP contribution >= 0.6 is 12.2 Å². The molecule has 0 aromatic heterocycles. The second kappa shape index (κ2) is 6.97. The largest absolute Gasteiger partial charge is 0.326 e. The van der Waals surface area contributed by atoms with Gasteiger partial charge in [0.25, 0.3) is 11.8 Å². The molecule has 0 unspecified atom stereocenters. The van der Waals surface area contributed by atoms with Crippen molar-refractivity contribution in [3.05, 3.63) is 48.1 Å². The van der Waals surface area contributed by atoms with Gasteiger partial charge in [0, 0.05) is 19.2 Å². The van der Waals surface area contributed by atoms with Crippen LogP contribution in [0.2, 0.25) is 0 Å². The number of benzene rings is 1. The minimum Gasteiger partial charge on any atom is -0.326 e. The predicted molar refractivity (Wildman–Crippen MR) is 91.4 cm³/mol. The maximum absolute atomic E-state index is 12.4. The van der Waals surface area contributed by atoms with Crippen LogP contribution in [-0.4, -0.2) is 34.3 Å². The molecule has 1 aliphatic heterocycles. The molecule has 0 atom stereocenters. The molecule has 1 aromatic rings. The SMILES string of the molecule is C=CCN1C(=O)/C(=C/c2ccc(NC(C)=O)cc2)C(=O)NC1=S. The highest BCUT2D eigenvalue weighted by Crippen LogP contribution is 2.16. The second-order valence-corrected chi connectivity index (χ2v) is 5.21. The zero-order valence-electron chi connectivity index (χ0n) is 12.5. The van der Waals surface area contributed by atoms with Crippen LogP contribution in [0.5, 0.6) is 0 Å². The van der Waals surface area contributed by atoms with Crippen LogP contribution in [0.1, 0.15) is 12.5 Å². The Bertz CT molecular complexity index is 723. The molecule has 23 heavy (non-hydrogen) atoms. The van der Waals surface area contributed by atoms with E-state index in [0.717, 1.165) is 0 Å². The quantitative estimate of drug-likeness (QED) is 0.379. The second-order valence-electron chi connectivity index (χ2n) is 4.82. The van der Waals surface area contributed by atoms with E-state index < -0.39 is 11.8 Å². The van der Waals surface area contributed by atoms with Gasteiger partial charge in [-0.2, -0.15) is 0 Å². The van der Waals surface area contributed by atoms with E-state index in [9.17, 15) is 14.4 Å². The number of hydrogen-bond donors (Lipinski definition) is 2. The molecule has 3 amide bonds. The Hall–Kier alpha value is -2.80. The molecule has 0 radical (unpaired) electrons. The lowest BCUT2D eigenvalue weighted by molar-refractivity contribution is -0.128. The van der Waals surface area contributed by atoms with E-state index in [4.69, 9.17) is 12.2 Å². The topological polar surface area (TPSA) is 78.5 Å². The van der Waals surface area contributed by atoms with Crippen LogP contribution in [0.3, 0.4) is 0 Å². The molecule has 118 valence electrons. The number of nitrogens with one attached hydrogen (secondary N) is 2. The molecule has 0 saturated carbocycles. The van der Waals surface area contributed by atoms with E-state index in [2.05, 4.69) is 17.2 Å². The summed E-state index contributed by atoms with van der Waals surface area (Å²) in [6.07, 6.45) is 3.01. The fourth-order valence-corrected chi connectivity index (χ4v) is 2.27. The highest BCUT2D eigenvalue weighted by molar-refractivity contribution is 7.80. The van der Waals surface area contributed by atoms with E-state index in [1.54, 1.807) is 24.3 Å². The molecule has 1 heterocycles. The Labute approximate surface area is 138 Å². The van der Waals surface area contributed by atoms with Gasteiger partial charge in [-0.3, -0.25) is 24.6 Å². The van der Waals surface area contributed by atoms with Gasteiger partial charge in [-0.25, -0.2) is 0 Å². The van der Waals surface area contributed by atoms with Gasteiger partial charge in [0.2, 0.25) is 5.91 Å². The van der Waals surface area contributed by atoms with Crippen molar-refractivity contribution in [1.29, 1.82) is 0 Å². The summed E-state index contributed by atoms with van der Waals surface area (Å²) in [5.74, 6) is -1.18. The Balaban J connectivity index is 2.27. The number of rotatable bonds is 4. The van der Waals surface area contributed by atoms with E-state index in [0.29, 0.717) is 11.3 Å². The number of thiocarbonyl (C=S) groups is 1. The highest BCUT2D eigenvalue weighted by Gasteiger charge is 2.32. The molecule has 0 bridgehead atoms. The summed E-state index contributed by atoms with van der Waals surface area (Å²) in [7, 11) is 0. The zero-order chi connectivity index (χ0) is 17.0. The summed E-state index contributed by atoms with van der Waals surface area (Å²) in [6, 6.07) is 6.77. The number of amides is 3. The van der Waals surface area contributed by atoms with Gasteiger partial charge < -0.3 is 5.32 Å². The summed E-state index contributed by atoms with van der Waals surface area (Å²) >= 11 is 4.98. The first-order chi connectivity index (χ1) is 10.9. The van der Waals surface area contributed by atoms with Gasteiger partial charge >= 0.3 is 0 Å². The third-order valence-electron chi connectivity index (χ3n) is 3.04. The van der Waals surface area contributed by atoms with Gasteiger partial charge in [0.1, 0.15) is 5.57 Å². The summed E-state index contributed by atoms with van der Waals surface area (Å²) in [4.78, 5) is 36.6. The monoisotopic (exact) mass is 329 g/mol. The fourth-order valence-electron chi connectivity index (χ4n) is 2.02. The molecule has 1 fully saturated rings. The number of carbonyl (C=O) groups excluding carboxylic acids is 3. The maximum atomic E-state index is 12.4. The first-order valence-corrected chi connectivity index (χ1v) is 7.20. The van der Waals surface area contributed by atoms with E-state index in [1.165, 1.54) is 24.0 Å². The fraction of sp³-hybridized carbons (Fsp3) is 0.125. The third-order valence-corrected chi connectivity index (χ3v) is 3.36. The smallest absolute Gasteiger partial charge is 0.265 e. The van der Waals surface area contributed by atoms with Crippen LogP contribution in [0.25, 0.3) is 6.08 Å². The predicted octanol–water partition coefficient (Wildman–Crippen LogP) is 1.46. The lowest BCUT2D eigenvalue weighted by atomic mass is 10.1. The van der Waals surface area contributed by atoms with Crippen molar-refractivity contribution in [3.8, 4) is 0 Å². The van der Waals surface area contributed by atoms with Crippen molar-refractivity contribution < 1.29 is 14.4 Å². The van der Waals surface area contributed by atoms with Crippen molar-refractivity contribution in [2.24, 2.45) is 0 Å². The normalized spacial score (nSPS) is 16.3. The highest BCUT2D eigenvalue weighted by atomic mass is 32.1. The molecule has 1 aromatic carbocycles. The van der Waals surface area contributed by atoms with Gasteiger partial charge in [-0.05, 0) is 36.0 Å². The molecule has 0 aliphatic carbocycles. The van der Waals surface area contributed by atoms with Crippen LogP contribution in [0, 0.1) is 0 Å². The molecule has 7 heteroatoms. The van der Waals surface area contributed by atoms with Gasteiger partial charge in [-0.15, -0.1) is 6.58 Å². The van der Waals surface area contributed by atoms with Gasteiger partial charge in [-0.1, -0.05) is 18.2 Å². The molecular formula is C16H15N3O3S. The number of anilines is 1. The van der Waals surface area contributed by atoms with Gasteiger partial charge in [0.05, 0.1) is 0 Å². The van der Waals surface area contributed by atoms with Crippen LogP contribution in [0.4, 0.5) is 5.69 Å². The van der Waals surface area contributed by atoms with Crippen LogP contribution in [0.15, 0.2) is 42.5 Å². The number of carbonyl (C=O) groups is 3. The Morgan fingerprint density at radius 3 is 2.57 bits per heavy atom. The molecule has 6 nitrogen and oxygen atoms in total. The first kappa shape index (κ1) is 16.6. The third kappa shape index (κ3) is 3.89. The van der Waals surface area contributed by atoms with Crippen molar-refractivity contribution in [2.45, 2.75) is 6.92 Å². The zero-order valence-corrected chi connectivity index (χ0v) is 13.3. The molecule has 2 rings (SSSR count). The summed E-state index contributed by atoms with van der Waals surface area (Å²) in [5.41, 5.74) is 1.28. The maximum Gasteiger partial charge on any atom is 0.265 e. The van der Waals surface area contributed by atoms with E-state index >= 15 is 0 Å². The summed E-state index contributed by atoms with van der Waals surface area (Å²) in [5, 5.41) is 5.19. The van der Waals surface area contributed by atoms with Crippen LogP contribution < -0.4 is 10.6 Å². The Morgan fingerprint density at radius 1 is 1.35 bits per heavy atom. The average molecular weight is 329 g/mol. The lowest BCUT2D eigenvalue weighted by Crippen LogP contribution is -2.53. The first-order valence-electron chi connectivity index (χ1n) is 6.80. The molecule has 0 spiro atoms. The molecular weight excluding hydrogens is 314 g/mol. The van der Waals surface area contributed by atoms with Crippen molar-refractivity contribution >= 4 is 46.8 Å². The van der Waals surface area contributed by atoms with Crippen molar-refractivity contribution in [2.75, 3.05) is 11.9 Å².